The molecule has 0 aliphatic heterocycles. The van der Waals surface area contributed by atoms with Crippen LogP contribution < -0.4 is 5.32 Å². The Morgan fingerprint density at radius 1 is 1.00 bits per heavy atom. The van der Waals surface area contributed by atoms with Crippen molar-refractivity contribution in [1.29, 1.82) is 0 Å². The zero-order valence-electron chi connectivity index (χ0n) is 16.3. The maximum atomic E-state index is 12.8. The summed E-state index contributed by atoms with van der Waals surface area (Å²) in [7, 11) is 0. The van der Waals surface area contributed by atoms with E-state index in [-0.39, 0.29) is 17.7 Å². The predicted molar refractivity (Wildman–Crippen MR) is 114 cm³/mol. The van der Waals surface area contributed by atoms with Gasteiger partial charge in [0.2, 0.25) is 11.1 Å². The summed E-state index contributed by atoms with van der Waals surface area (Å²) in [6, 6.07) is 20.2. The summed E-state index contributed by atoms with van der Waals surface area (Å²) in [6.45, 7) is 0. The lowest BCUT2D eigenvalue weighted by molar-refractivity contribution is -0.119. The summed E-state index contributed by atoms with van der Waals surface area (Å²) in [5.74, 6) is 0.245. The lowest BCUT2D eigenvalue weighted by atomic mass is 9.96. The number of nitrogens with one attached hydrogen (secondary N) is 1. The van der Waals surface area contributed by atoms with E-state index >= 15 is 0 Å². The Bertz CT molecular complexity index is 870. The van der Waals surface area contributed by atoms with Crippen molar-refractivity contribution >= 4 is 17.7 Å². The summed E-state index contributed by atoms with van der Waals surface area (Å²) in [4.78, 5) is 12.8. The van der Waals surface area contributed by atoms with Crippen LogP contribution in [0.1, 0.15) is 55.3 Å². The molecule has 1 saturated carbocycles. The van der Waals surface area contributed by atoms with Crippen molar-refractivity contribution in [2.75, 3.05) is 5.75 Å². The number of aromatic nitrogens is 4. The highest BCUT2D eigenvalue weighted by molar-refractivity contribution is 7.99. The molecule has 0 bridgehead atoms. The molecule has 1 aromatic heterocycles. The molecule has 1 amide bonds. The van der Waals surface area contributed by atoms with E-state index in [0.29, 0.717) is 6.04 Å². The Balaban J connectivity index is 1.42. The Hall–Kier alpha value is -2.67. The summed E-state index contributed by atoms with van der Waals surface area (Å²) in [6.07, 6.45) is 5.92. The maximum absolute atomic E-state index is 12.8. The largest absolute Gasteiger partial charge is 0.344 e. The number of carbonyl (C=O) groups is 1. The smallest absolute Gasteiger partial charge is 0.231 e. The Kier molecular flexibility index (Phi) is 6.56. The summed E-state index contributed by atoms with van der Waals surface area (Å²) >= 11 is 1.40. The van der Waals surface area contributed by atoms with Crippen molar-refractivity contribution in [3.63, 3.8) is 0 Å². The lowest BCUT2D eigenvalue weighted by Crippen LogP contribution is -2.30. The Morgan fingerprint density at radius 2 is 1.62 bits per heavy atom. The van der Waals surface area contributed by atoms with Crippen LogP contribution in [0.3, 0.4) is 0 Å². The quantitative estimate of drug-likeness (QED) is 0.595. The molecular weight excluding hydrogens is 382 g/mol. The van der Waals surface area contributed by atoms with Crippen LogP contribution in [0.2, 0.25) is 0 Å². The SMILES string of the molecule is O=C(CSc1nnnn1C1CCCCC1)NC(c1ccccc1)c1ccccc1. The highest BCUT2D eigenvalue weighted by Gasteiger charge is 2.22. The highest BCUT2D eigenvalue weighted by atomic mass is 32.2. The number of nitrogens with zero attached hydrogens (tertiary/aromatic N) is 4. The number of carbonyl (C=O) groups excluding carboxylic acids is 1. The van der Waals surface area contributed by atoms with E-state index in [9.17, 15) is 4.79 Å². The molecule has 4 rings (SSSR count). The maximum Gasteiger partial charge on any atom is 0.231 e. The number of amides is 1. The van der Waals surface area contributed by atoms with E-state index in [2.05, 4.69) is 20.8 Å². The molecule has 29 heavy (non-hydrogen) atoms. The molecule has 1 fully saturated rings. The fraction of sp³-hybridized carbons (Fsp3) is 0.364. The molecule has 7 heteroatoms. The van der Waals surface area contributed by atoms with Gasteiger partial charge in [0.1, 0.15) is 0 Å². The number of thioether (sulfide) groups is 1. The fourth-order valence-electron chi connectivity index (χ4n) is 3.82. The van der Waals surface area contributed by atoms with Gasteiger partial charge in [-0.1, -0.05) is 91.7 Å². The first-order chi connectivity index (χ1) is 14.3. The summed E-state index contributed by atoms with van der Waals surface area (Å²) < 4.78 is 1.91. The monoisotopic (exact) mass is 407 g/mol. The van der Waals surface area contributed by atoms with Crippen molar-refractivity contribution in [3.05, 3.63) is 71.8 Å². The van der Waals surface area contributed by atoms with Crippen LogP contribution in [0, 0.1) is 0 Å². The van der Waals surface area contributed by atoms with Gasteiger partial charge in [0, 0.05) is 0 Å². The second kappa shape index (κ2) is 9.69. The number of rotatable bonds is 7. The lowest BCUT2D eigenvalue weighted by Gasteiger charge is -2.22. The number of benzene rings is 2. The van der Waals surface area contributed by atoms with Crippen LogP contribution in [-0.2, 0) is 4.79 Å². The van der Waals surface area contributed by atoms with Crippen molar-refractivity contribution in [2.24, 2.45) is 0 Å². The molecule has 1 heterocycles. The van der Waals surface area contributed by atoms with Gasteiger partial charge in [-0.15, -0.1) is 5.10 Å². The first-order valence-electron chi connectivity index (χ1n) is 10.1. The topological polar surface area (TPSA) is 72.7 Å². The molecule has 0 atom stereocenters. The molecular formula is C22H25N5OS. The molecule has 0 radical (unpaired) electrons. The van der Waals surface area contributed by atoms with Gasteiger partial charge in [-0.25, -0.2) is 4.68 Å². The van der Waals surface area contributed by atoms with E-state index < -0.39 is 0 Å². The third-order valence-electron chi connectivity index (χ3n) is 5.29. The average Bonchev–Trinajstić information content (AvgIpc) is 3.26. The summed E-state index contributed by atoms with van der Waals surface area (Å²) in [5.41, 5.74) is 2.12. The van der Waals surface area contributed by atoms with Crippen LogP contribution in [0.25, 0.3) is 0 Å². The fourth-order valence-corrected chi connectivity index (χ4v) is 4.57. The molecule has 150 valence electrons. The number of tetrazole rings is 1. The molecule has 0 unspecified atom stereocenters. The second-order valence-electron chi connectivity index (χ2n) is 7.31. The molecule has 2 aromatic carbocycles. The molecule has 6 nitrogen and oxygen atoms in total. The molecule has 0 saturated heterocycles. The van der Waals surface area contributed by atoms with Crippen LogP contribution in [0.15, 0.2) is 65.8 Å². The Morgan fingerprint density at radius 3 is 2.24 bits per heavy atom. The zero-order chi connectivity index (χ0) is 19.9. The minimum absolute atomic E-state index is 0.0362. The van der Waals surface area contributed by atoms with Crippen LogP contribution in [0.4, 0.5) is 0 Å². The van der Waals surface area contributed by atoms with Crippen molar-refractivity contribution < 1.29 is 4.79 Å². The molecule has 1 aliphatic rings. The Labute approximate surface area is 175 Å². The van der Waals surface area contributed by atoms with Crippen molar-refractivity contribution in [1.82, 2.24) is 25.5 Å². The van der Waals surface area contributed by atoms with E-state index in [0.717, 1.165) is 29.1 Å². The molecule has 0 spiro atoms. The van der Waals surface area contributed by atoms with Crippen LogP contribution in [-0.4, -0.2) is 31.9 Å². The number of hydrogen-bond acceptors (Lipinski definition) is 5. The van der Waals surface area contributed by atoms with Gasteiger partial charge in [-0.2, -0.15) is 0 Å². The van der Waals surface area contributed by atoms with Gasteiger partial charge in [0.25, 0.3) is 0 Å². The van der Waals surface area contributed by atoms with Gasteiger partial charge in [0.05, 0.1) is 17.8 Å². The average molecular weight is 408 g/mol. The van der Waals surface area contributed by atoms with Crippen LogP contribution in [0.5, 0.6) is 0 Å². The summed E-state index contributed by atoms with van der Waals surface area (Å²) in [5, 5.41) is 16.1. The van der Waals surface area contributed by atoms with E-state index in [1.54, 1.807) is 0 Å². The molecule has 3 aromatic rings. The van der Waals surface area contributed by atoms with Crippen molar-refractivity contribution in [3.8, 4) is 0 Å². The van der Waals surface area contributed by atoms with Gasteiger partial charge in [-0.3, -0.25) is 4.79 Å². The van der Waals surface area contributed by atoms with E-state index in [4.69, 9.17) is 0 Å². The minimum Gasteiger partial charge on any atom is -0.344 e. The molecule has 1 N–H and O–H groups in total. The van der Waals surface area contributed by atoms with E-state index in [1.165, 1.54) is 31.0 Å². The van der Waals surface area contributed by atoms with Gasteiger partial charge >= 0.3 is 0 Å². The van der Waals surface area contributed by atoms with Crippen LogP contribution >= 0.6 is 11.8 Å². The zero-order valence-corrected chi connectivity index (χ0v) is 17.1. The van der Waals surface area contributed by atoms with Gasteiger partial charge < -0.3 is 5.32 Å². The minimum atomic E-state index is -0.181. The predicted octanol–water partition coefficient (Wildman–Crippen LogP) is 4.18. The first kappa shape index (κ1) is 19.6. The van der Waals surface area contributed by atoms with Crippen molar-refractivity contribution in [2.45, 2.75) is 49.3 Å². The first-order valence-corrected chi connectivity index (χ1v) is 11.1. The van der Waals surface area contributed by atoms with Gasteiger partial charge in [-0.05, 0) is 34.4 Å². The number of hydrogen-bond donors (Lipinski definition) is 1. The second-order valence-corrected chi connectivity index (χ2v) is 8.25. The normalized spacial score (nSPS) is 14.8. The third-order valence-corrected chi connectivity index (χ3v) is 6.22. The van der Waals surface area contributed by atoms with E-state index in [1.807, 2.05) is 65.3 Å². The van der Waals surface area contributed by atoms with Gasteiger partial charge in [0.15, 0.2) is 0 Å². The highest BCUT2D eigenvalue weighted by Crippen LogP contribution is 2.30. The third kappa shape index (κ3) is 5.03. The standard InChI is InChI=1S/C22H25N5OS/c28-20(16-29-22-24-25-26-27(22)19-14-8-3-9-15-19)23-21(17-10-4-1-5-11-17)18-12-6-2-7-13-18/h1-2,4-7,10-13,19,21H,3,8-9,14-16H2,(H,23,28). The molecule has 1 aliphatic carbocycles.